The molecule has 0 unspecified atom stereocenters. The van der Waals surface area contributed by atoms with Crippen LogP contribution in [0.4, 0.5) is 5.82 Å². The zero-order chi connectivity index (χ0) is 19.3. The van der Waals surface area contributed by atoms with Gasteiger partial charge < -0.3 is 10.2 Å². The Morgan fingerprint density at radius 2 is 1.89 bits per heavy atom. The first-order chi connectivity index (χ1) is 13.7. The number of rotatable bonds is 5. The van der Waals surface area contributed by atoms with Crippen molar-refractivity contribution in [2.45, 2.75) is 25.8 Å². The van der Waals surface area contributed by atoms with Crippen molar-refractivity contribution in [1.29, 1.82) is 0 Å². The van der Waals surface area contributed by atoms with Gasteiger partial charge >= 0.3 is 0 Å². The fraction of sp³-hybridized carbons (Fsp3) is 0.286. The number of hydrogen-bond donors (Lipinski definition) is 1. The van der Waals surface area contributed by atoms with Crippen molar-refractivity contribution in [3.8, 4) is 10.6 Å². The van der Waals surface area contributed by atoms with E-state index in [-0.39, 0.29) is 5.91 Å². The molecule has 0 bridgehead atoms. The predicted molar refractivity (Wildman–Crippen MR) is 114 cm³/mol. The highest BCUT2D eigenvalue weighted by molar-refractivity contribution is 7.17. The highest BCUT2D eigenvalue weighted by atomic mass is 35.5. The molecule has 1 aliphatic heterocycles. The first kappa shape index (κ1) is 18.9. The van der Waals surface area contributed by atoms with Crippen molar-refractivity contribution in [2.75, 3.05) is 18.0 Å². The van der Waals surface area contributed by atoms with E-state index in [1.807, 2.05) is 42.6 Å². The molecule has 0 atom stereocenters. The minimum atomic E-state index is -0.143. The van der Waals surface area contributed by atoms with Crippen molar-refractivity contribution < 1.29 is 4.79 Å². The number of piperidine rings is 1. The molecule has 144 valence electrons. The van der Waals surface area contributed by atoms with Crippen LogP contribution in [0.15, 0.2) is 48.8 Å². The average Bonchev–Trinajstić information content (AvgIpc) is 3.23. The first-order valence-corrected chi connectivity index (χ1v) is 10.6. The Bertz CT molecular complexity index is 951. The number of amides is 1. The molecule has 3 aromatic rings. The van der Waals surface area contributed by atoms with E-state index in [1.165, 1.54) is 30.6 Å². The summed E-state index contributed by atoms with van der Waals surface area (Å²) in [5, 5.41) is 4.31. The van der Waals surface area contributed by atoms with Gasteiger partial charge in [-0.15, -0.1) is 11.3 Å². The van der Waals surface area contributed by atoms with Gasteiger partial charge in [0.15, 0.2) is 0 Å². The number of pyridine rings is 1. The van der Waals surface area contributed by atoms with Gasteiger partial charge in [0.2, 0.25) is 0 Å². The topological polar surface area (TPSA) is 58.1 Å². The molecule has 1 fully saturated rings. The van der Waals surface area contributed by atoms with E-state index in [0.29, 0.717) is 16.4 Å². The lowest BCUT2D eigenvalue weighted by Gasteiger charge is -2.27. The minimum Gasteiger partial charge on any atom is -0.357 e. The Kier molecular flexibility index (Phi) is 5.88. The lowest BCUT2D eigenvalue weighted by molar-refractivity contribution is 0.0954. The molecule has 3 heterocycles. The summed E-state index contributed by atoms with van der Waals surface area (Å²) in [6, 6.07) is 11.6. The van der Waals surface area contributed by atoms with Gasteiger partial charge in [-0.1, -0.05) is 35.9 Å². The highest BCUT2D eigenvalue weighted by Gasteiger charge is 2.14. The number of nitrogens with zero attached hydrogens (tertiary/aromatic N) is 3. The molecule has 1 aliphatic rings. The van der Waals surface area contributed by atoms with Gasteiger partial charge in [0, 0.05) is 31.4 Å². The van der Waals surface area contributed by atoms with Gasteiger partial charge in [-0.2, -0.15) is 0 Å². The monoisotopic (exact) mass is 412 g/mol. The van der Waals surface area contributed by atoms with Crippen molar-refractivity contribution in [3.63, 3.8) is 0 Å². The van der Waals surface area contributed by atoms with Crippen molar-refractivity contribution in [1.82, 2.24) is 15.3 Å². The number of halogens is 1. The normalized spacial score (nSPS) is 14.1. The van der Waals surface area contributed by atoms with Gasteiger partial charge in [-0.25, -0.2) is 9.97 Å². The number of hydrogen-bond acceptors (Lipinski definition) is 5. The maximum absolute atomic E-state index is 12.5. The van der Waals surface area contributed by atoms with E-state index in [9.17, 15) is 4.79 Å². The van der Waals surface area contributed by atoms with E-state index in [4.69, 9.17) is 11.6 Å². The molecule has 0 aliphatic carbocycles. The number of carbonyl (C=O) groups is 1. The number of thiazole rings is 1. The molecule has 1 saturated heterocycles. The fourth-order valence-corrected chi connectivity index (χ4v) is 4.39. The van der Waals surface area contributed by atoms with Crippen LogP contribution >= 0.6 is 22.9 Å². The van der Waals surface area contributed by atoms with Crippen LogP contribution in [-0.4, -0.2) is 29.0 Å². The quantitative estimate of drug-likeness (QED) is 0.655. The molecule has 1 aromatic carbocycles. The Labute approximate surface area is 173 Å². The lowest BCUT2D eigenvalue weighted by atomic mass is 10.1. The maximum Gasteiger partial charge on any atom is 0.263 e. The van der Waals surface area contributed by atoms with Crippen LogP contribution < -0.4 is 10.2 Å². The Morgan fingerprint density at radius 3 is 2.64 bits per heavy atom. The third kappa shape index (κ3) is 4.34. The highest BCUT2D eigenvalue weighted by Crippen LogP contribution is 2.30. The van der Waals surface area contributed by atoms with Crippen LogP contribution in [0.2, 0.25) is 5.02 Å². The van der Waals surface area contributed by atoms with Crippen LogP contribution in [-0.2, 0) is 6.54 Å². The van der Waals surface area contributed by atoms with Crippen LogP contribution in [0, 0.1) is 0 Å². The van der Waals surface area contributed by atoms with E-state index >= 15 is 0 Å². The number of aromatic nitrogens is 2. The molecule has 0 saturated carbocycles. The largest absolute Gasteiger partial charge is 0.357 e. The fourth-order valence-electron chi connectivity index (χ4n) is 3.24. The Morgan fingerprint density at radius 1 is 1.07 bits per heavy atom. The van der Waals surface area contributed by atoms with Gasteiger partial charge in [0.05, 0.1) is 11.2 Å². The van der Waals surface area contributed by atoms with Crippen LogP contribution in [0.3, 0.4) is 0 Å². The molecular weight excluding hydrogens is 392 g/mol. The van der Waals surface area contributed by atoms with Crippen molar-refractivity contribution in [2.24, 2.45) is 0 Å². The summed E-state index contributed by atoms with van der Waals surface area (Å²) in [4.78, 5) is 24.2. The molecule has 0 radical (unpaired) electrons. The summed E-state index contributed by atoms with van der Waals surface area (Å²) in [6.07, 6.45) is 7.19. The summed E-state index contributed by atoms with van der Waals surface area (Å²) >= 11 is 7.55. The second-order valence-corrected chi connectivity index (χ2v) is 8.20. The molecule has 5 nitrogen and oxygen atoms in total. The smallest absolute Gasteiger partial charge is 0.263 e. The van der Waals surface area contributed by atoms with E-state index in [0.717, 1.165) is 35.0 Å². The van der Waals surface area contributed by atoms with E-state index in [1.54, 1.807) is 6.20 Å². The zero-order valence-corrected chi connectivity index (χ0v) is 17.0. The molecule has 0 spiro atoms. The molecule has 4 rings (SSSR count). The Balaban J connectivity index is 1.36. The second kappa shape index (κ2) is 8.71. The summed E-state index contributed by atoms with van der Waals surface area (Å²) < 4.78 is 0. The van der Waals surface area contributed by atoms with Crippen LogP contribution in [0.25, 0.3) is 10.6 Å². The molecule has 2 aromatic heterocycles. The third-order valence-electron chi connectivity index (χ3n) is 4.78. The maximum atomic E-state index is 12.5. The molecule has 28 heavy (non-hydrogen) atoms. The zero-order valence-electron chi connectivity index (χ0n) is 15.4. The van der Waals surface area contributed by atoms with Gasteiger partial charge in [-0.3, -0.25) is 4.79 Å². The van der Waals surface area contributed by atoms with Crippen LogP contribution in [0.1, 0.15) is 34.5 Å². The molecule has 1 amide bonds. The minimum absolute atomic E-state index is 0.143. The van der Waals surface area contributed by atoms with Gasteiger partial charge in [0.25, 0.3) is 5.91 Å². The summed E-state index contributed by atoms with van der Waals surface area (Å²) in [6.45, 7) is 2.58. The average molecular weight is 413 g/mol. The SMILES string of the molecule is O=C(NCc1ccc(N2CCCCC2)nc1)c1cnc(-c2ccccc2Cl)s1. The number of nitrogens with one attached hydrogen (secondary N) is 1. The molecule has 7 heteroatoms. The van der Waals surface area contributed by atoms with Crippen molar-refractivity contribution >= 4 is 34.7 Å². The van der Waals surface area contributed by atoms with E-state index < -0.39 is 0 Å². The van der Waals surface area contributed by atoms with E-state index in [2.05, 4.69) is 20.2 Å². The second-order valence-electron chi connectivity index (χ2n) is 6.76. The van der Waals surface area contributed by atoms with Gasteiger partial charge in [-0.05, 0) is 37.0 Å². The summed E-state index contributed by atoms with van der Waals surface area (Å²) in [7, 11) is 0. The standard InChI is InChI=1S/C21H21ClN4OS/c22-17-7-3-2-6-16(17)21-25-14-18(28-21)20(27)24-13-15-8-9-19(23-12-15)26-10-4-1-5-11-26/h2-3,6-9,12,14H,1,4-5,10-11,13H2,(H,24,27). The number of benzene rings is 1. The Hall–Kier alpha value is -2.44. The van der Waals surface area contributed by atoms with Crippen LogP contribution in [0.5, 0.6) is 0 Å². The third-order valence-corrected chi connectivity index (χ3v) is 6.13. The van der Waals surface area contributed by atoms with Crippen molar-refractivity contribution in [3.05, 3.63) is 64.3 Å². The lowest BCUT2D eigenvalue weighted by Crippen LogP contribution is -2.30. The number of anilines is 1. The predicted octanol–water partition coefficient (Wildman–Crippen LogP) is 4.78. The van der Waals surface area contributed by atoms with Gasteiger partial charge in [0.1, 0.15) is 15.7 Å². The molecule has 1 N–H and O–H groups in total. The first-order valence-electron chi connectivity index (χ1n) is 9.39. The summed E-state index contributed by atoms with van der Waals surface area (Å²) in [5.41, 5.74) is 1.82. The molecular formula is C21H21ClN4OS. The summed E-state index contributed by atoms with van der Waals surface area (Å²) in [5.74, 6) is 0.873. The number of carbonyl (C=O) groups excluding carboxylic acids is 1.